The zero-order chi connectivity index (χ0) is 13.8. The highest BCUT2D eigenvalue weighted by Crippen LogP contribution is 2.59. The lowest BCUT2D eigenvalue weighted by atomic mass is 9.42. The van der Waals surface area contributed by atoms with Gasteiger partial charge in [0.05, 0.1) is 0 Å². The summed E-state index contributed by atoms with van der Waals surface area (Å²) in [5, 5.41) is 0.710. The lowest BCUT2D eigenvalue weighted by Gasteiger charge is -2.53. The third-order valence-corrected chi connectivity index (χ3v) is 7.45. The first-order valence-corrected chi connectivity index (χ1v) is 9.82. The van der Waals surface area contributed by atoms with Crippen molar-refractivity contribution >= 4 is 7.85 Å². The summed E-state index contributed by atoms with van der Waals surface area (Å²) in [6.45, 7) is 0. The molecule has 0 aromatic heterocycles. The van der Waals surface area contributed by atoms with Crippen molar-refractivity contribution in [3.63, 3.8) is 0 Å². The zero-order valence-electron chi connectivity index (χ0n) is 13.8. The second-order valence-electron chi connectivity index (χ2n) is 8.37. The molecule has 3 aliphatic carbocycles. The Morgan fingerprint density at radius 2 is 0.700 bits per heavy atom. The number of hydrogen-bond donors (Lipinski definition) is 0. The largest absolute Gasteiger partial charge is 0.110 e. The molecule has 0 spiro atoms. The SMILES string of the molecule is BC(C1CCCCC1)(C1CCCCC1)C1CCCCC1. The second-order valence-corrected chi connectivity index (χ2v) is 8.37. The fourth-order valence-electron chi connectivity index (χ4n) is 6.17. The average molecular weight is 274 g/mol. The van der Waals surface area contributed by atoms with Gasteiger partial charge in [-0.15, -0.1) is 0 Å². The lowest BCUT2D eigenvalue weighted by Crippen LogP contribution is -2.41. The van der Waals surface area contributed by atoms with Gasteiger partial charge in [0.2, 0.25) is 0 Å². The molecule has 0 aromatic carbocycles. The van der Waals surface area contributed by atoms with Gasteiger partial charge in [-0.3, -0.25) is 0 Å². The summed E-state index contributed by atoms with van der Waals surface area (Å²) in [6, 6.07) is 0. The average Bonchev–Trinajstić information content (AvgIpc) is 2.56. The van der Waals surface area contributed by atoms with Crippen molar-refractivity contribution in [2.75, 3.05) is 0 Å². The monoisotopic (exact) mass is 274 g/mol. The van der Waals surface area contributed by atoms with Gasteiger partial charge in [0.25, 0.3) is 0 Å². The van der Waals surface area contributed by atoms with Crippen molar-refractivity contribution in [1.82, 2.24) is 0 Å². The Morgan fingerprint density at radius 3 is 0.950 bits per heavy atom. The van der Waals surface area contributed by atoms with Gasteiger partial charge >= 0.3 is 0 Å². The van der Waals surface area contributed by atoms with Crippen LogP contribution in [-0.2, 0) is 0 Å². The summed E-state index contributed by atoms with van der Waals surface area (Å²) in [6.07, 6.45) is 23.1. The molecule has 0 N–H and O–H groups in total. The molecule has 3 fully saturated rings. The first kappa shape index (κ1) is 15.0. The Bertz CT molecular complexity index is 235. The highest BCUT2D eigenvalue weighted by molar-refractivity contribution is 6.16. The van der Waals surface area contributed by atoms with Crippen molar-refractivity contribution in [1.29, 1.82) is 0 Å². The van der Waals surface area contributed by atoms with Gasteiger partial charge in [-0.05, 0) is 17.8 Å². The minimum absolute atomic E-state index is 0.710. The first-order chi connectivity index (χ1) is 9.82. The maximum absolute atomic E-state index is 2.76. The molecule has 3 rings (SSSR count). The van der Waals surface area contributed by atoms with Crippen molar-refractivity contribution < 1.29 is 0 Å². The number of rotatable bonds is 3. The smallest absolute Gasteiger partial charge is 0.0533 e. The molecule has 3 saturated carbocycles. The minimum atomic E-state index is 0.710. The van der Waals surface area contributed by atoms with E-state index in [1.807, 2.05) is 0 Å². The molecule has 0 aromatic rings. The molecule has 0 saturated heterocycles. The van der Waals surface area contributed by atoms with Crippen LogP contribution in [0.1, 0.15) is 96.3 Å². The first-order valence-electron chi connectivity index (χ1n) is 9.82. The highest BCUT2D eigenvalue weighted by atomic mass is 14.5. The predicted octanol–water partition coefficient (Wildman–Crippen LogP) is 5.52. The maximum atomic E-state index is 2.76. The van der Waals surface area contributed by atoms with Crippen LogP contribution in [-0.4, -0.2) is 7.85 Å². The Balaban J connectivity index is 1.79. The summed E-state index contributed by atoms with van der Waals surface area (Å²) in [7, 11) is 2.76. The lowest BCUT2D eigenvalue weighted by molar-refractivity contribution is 0.0851. The normalized spacial score (nSPS) is 28.6. The van der Waals surface area contributed by atoms with Crippen LogP contribution >= 0.6 is 0 Å². The predicted molar refractivity (Wildman–Crippen MR) is 91.0 cm³/mol. The van der Waals surface area contributed by atoms with Gasteiger partial charge in [0, 0.05) is 0 Å². The Labute approximate surface area is 127 Å². The Hall–Kier alpha value is 0.0649. The van der Waals surface area contributed by atoms with Crippen LogP contribution in [0, 0.1) is 17.8 Å². The molecule has 0 heterocycles. The third kappa shape index (κ3) is 2.97. The summed E-state index contributed by atoms with van der Waals surface area (Å²) < 4.78 is 0. The van der Waals surface area contributed by atoms with E-state index in [4.69, 9.17) is 0 Å². The fraction of sp³-hybridized carbons (Fsp3) is 1.00. The van der Waals surface area contributed by atoms with Gasteiger partial charge in [-0.1, -0.05) is 102 Å². The topological polar surface area (TPSA) is 0 Å². The fourth-order valence-corrected chi connectivity index (χ4v) is 6.17. The van der Waals surface area contributed by atoms with E-state index in [9.17, 15) is 0 Å². The van der Waals surface area contributed by atoms with Crippen LogP contribution in [0.25, 0.3) is 0 Å². The molecule has 0 aliphatic heterocycles. The molecule has 0 atom stereocenters. The van der Waals surface area contributed by atoms with Crippen LogP contribution < -0.4 is 0 Å². The van der Waals surface area contributed by atoms with E-state index >= 15 is 0 Å². The molecule has 1 heteroatoms. The van der Waals surface area contributed by atoms with Crippen molar-refractivity contribution in [3.05, 3.63) is 0 Å². The second kappa shape index (κ2) is 6.88. The van der Waals surface area contributed by atoms with E-state index in [2.05, 4.69) is 7.85 Å². The molecule has 0 amide bonds. The summed E-state index contributed by atoms with van der Waals surface area (Å²) in [4.78, 5) is 0. The van der Waals surface area contributed by atoms with Crippen molar-refractivity contribution in [2.24, 2.45) is 17.8 Å². The summed E-state index contributed by atoms with van der Waals surface area (Å²) in [5.41, 5.74) is 0. The standard InChI is InChI=1S/C19H35B/c20-19(16-10-4-1-5-11-16,17-12-6-2-7-13-17)18-14-8-3-9-15-18/h16-18H,1-15,20H2. The molecule has 0 unspecified atom stereocenters. The molecule has 0 bridgehead atoms. The summed E-state index contributed by atoms with van der Waals surface area (Å²) >= 11 is 0. The van der Waals surface area contributed by atoms with Crippen molar-refractivity contribution in [2.45, 2.75) is 102 Å². The van der Waals surface area contributed by atoms with Gasteiger partial charge in [0.1, 0.15) is 7.85 Å². The van der Waals surface area contributed by atoms with E-state index in [1.54, 1.807) is 38.5 Å². The van der Waals surface area contributed by atoms with E-state index in [1.165, 1.54) is 57.8 Å². The van der Waals surface area contributed by atoms with E-state index in [0.29, 0.717) is 5.31 Å². The molecule has 0 nitrogen and oxygen atoms in total. The van der Waals surface area contributed by atoms with Crippen LogP contribution in [0.15, 0.2) is 0 Å². The van der Waals surface area contributed by atoms with Crippen LogP contribution in [0.4, 0.5) is 0 Å². The van der Waals surface area contributed by atoms with Crippen LogP contribution in [0.3, 0.4) is 0 Å². The van der Waals surface area contributed by atoms with Crippen molar-refractivity contribution in [3.8, 4) is 0 Å². The molecular formula is C19H35B. The van der Waals surface area contributed by atoms with Gasteiger partial charge < -0.3 is 0 Å². The quantitative estimate of drug-likeness (QED) is 0.594. The van der Waals surface area contributed by atoms with Gasteiger partial charge in [0.15, 0.2) is 0 Å². The minimum Gasteiger partial charge on any atom is -0.0533 e. The molecule has 0 radical (unpaired) electrons. The van der Waals surface area contributed by atoms with E-state index < -0.39 is 0 Å². The van der Waals surface area contributed by atoms with Gasteiger partial charge in [-0.2, -0.15) is 0 Å². The molecule has 3 aliphatic rings. The van der Waals surface area contributed by atoms with Crippen LogP contribution in [0.2, 0.25) is 5.31 Å². The Kier molecular flexibility index (Phi) is 5.16. The molecular weight excluding hydrogens is 239 g/mol. The van der Waals surface area contributed by atoms with E-state index in [-0.39, 0.29) is 0 Å². The van der Waals surface area contributed by atoms with Crippen LogP contribution in [0.5, 0.6) is 0 Å². The van der Waals surface area contributed by atoms with Gasteiger partial charge in [-0.25, -0.2) is 0 Å². The molecule has 20 heavy (non-hydrogen) atoms. The molecule has 114 valence electrons. The highest BCUT2D eigenvalue weighted by Gasteiger charge is 2.46. The van der Waals surface area contributed by atoms with E-state index in [0.717, 1.165) is 17.8 Å². The maximum Gasteiger partial charge on any atom is 0.110 e. The number of hydrogen-bond acceptors (Lipinski definition) is 0. The third-order valence-electron chi connectivity index (χ3n) is 7.45. The summed E-state index contributed by atoms with van der Waals surface area (Å²) in [5.74, 6) is 3.22. The zero-order valence-corrected chi connectivity index (χ0v) is 13.8. The Morgan fingerprint density at radius 1 is 0.450 bits per heavy atom.